The Kier molecular flexibility index (Phi) is 5.79. The van der Waals surface area contributed by atoms with Gasteiger partial charge in [-0.2, -0.15) is 0 Å². The zero-order valence-electron chi connectivity index (χ0n) is 15.2. The summed E-state index contributed by atoms with van der Waals surface area (Å²) in [5.74, 6) is 1.92. The van der Waals surface area contributed by atoms with Crippen LogP contribution >= 0.6 is 22.9 Å². The van der Waals surface area contributed by atoms with Gasteiger partial charge in [-0.15, -0.1) is 0 Å². The van der Waals surface area contributed by atoms with E-state index >= 15 is 0 Å². The molecule has 1 aromatic carbocycles. The molecule has 1 aliphatic rings. The van der Waals surface area contributed by atoms with Crippen LogP contribution in [0.2, 0.25) is 5.02 Å². The van der Waals surface area contributed by atoms with Crippen molar-refractivity contribution in [1.82, 2.24) is 4.98 Å². The van der Waals surface area contributed by atoms with Gasteiger partial charge in [0.05, 0.1) is 22.7 Å². The fourth-order valence-electron chi connectivity index (χ4n) is 2.53. The molecule has 2 aromatic rings. The fourth-order valence-corrected chi connectivity index (χ4v) is 3.84. The molecule has 0 radical (unpaired) electrons. The summed E-state index contributed by atoms with van der Waals surface area (Å²) in [6, 6.07) is 5.87. The van der Waals surface area contributed by atoms with Gasteiger partial charge < -0.3 is 10.1 Å². The molecule has 26 heavy (non-hydrogen) atoms. The minimum atomic E-state index is 0.526. The summed E-state index contributed by atoms with van der Waals surface area (Å²) in [6.07, 6.45) is 5.99. The van der Waals surface area contributed by atoms with Crippen molar-refractivity contribution in [3.8, 4) is 16.2 Å². The van der Waals surface area contributed by atoms with E-state index in [4.69, 9.17) is 21.3 Å². The van der Waals surface area contributed by atoms with Crippen LogP contribution in [0.5, 0.6) is 5.75 Å². The Morgan fingerprint density at radius 1 is 1.46 bits per heavy atom. The predicted octanol–water partition coefficient (Wildman–Crippen LogP) is 6.27. The molecule has 1 fully saturated rings. The number of thiazole rings is 1. The number of halogens is 1. The quantitative estimate of drug-likeness (QED) is 0.469. The van der Waals surface area contributed by atoms with E-state index in [1.807, 2.05) is 38.1 Å². The molecule has 0 spiro atoms. The number of benzene rings is 1. The standard InChI is InChI=1S/C20H22ClN3OS/c1-5-10-22-19(12(2)3)24-20-23-17(13-6-7-13)18(26-20)14-8-9-16(25-4)15(21)11-14/h5,8-11,13H,2,6-7H2,1,3-4H3,(H,22,23,24)/b10-5-. The number of nitrogens with one attached hydrogen (secondary N) is 1. The van der Waals surface area contributed by atoms with Gasteiger partial charge in [0.25, 0.3) is 0 Å². The molecular formula is C20H22ClN3OS. The van der Waals surface area contributed by atoms with E-state index in [1.54, 1.807) is 24.6 Å². The van der Waals surface area contributed by atoms with Crippen LogP contribution in [-0.4, -0.2) is 17.9 Å². The monoisotopic (exact) mass is 387 g/mol. The highest BCUT2D eigenvalue weighted by atomic mass is 35.5. The number of hydrogen-bond donors (Lipinski definition) is 1. The van der Waals surface area contributed by atoms with Crippen LogP contribution in [0.3, 0.4) is 0 Å². The summed E-state index contributed by atoms with van der Waals surface area (Å²) in [5.41, 5.74) is 3.05. The Morgan fingerprint density at radius 3 is 2.81 bits per heavy atom. The van der Waals surface area contributed by atoms with E-state index in [0.717, 1.165) is 32.7 Å². The minimum Gasteiger partial charge on any atom is -0.495 e. The van der Waals surface area contributed by atoms with Crippen LogP contribution in [0.25, 0.3) is 10.4 Å². The summed E-state index contributed by atoms with van der Waals surface area (Å²) in [4.78, 5) is 10.4. The molecule has 4 nitrogen and oxygen atoms in total. The number of ether oxygens (including phenoxy) is 1. The van der Waals surface area contributed by atoms with E-state index < -0.39 is 0 Å². The molecule has 0 bridgehead atoms. The third-order valence-corrected chi connectivity index (χ3v) is 5.34. The van der Waals surface area contributed by atoms with Gasteiger partial charge in [0.2, 0.25) is 0 Å². The first-order valence-corrected chi connectivity index (χ1v) is 9.69. The number of nitrogens with zero attached hydrogens (tertiary/aromatic N) is 2. The molecule has 1 heterocycles. The van der Waals surface area contributed by atoms with Gasteiger partial charge in [0, 0.05) is 12.1 Å². The number of aliphatic imine (C=N–C) groups is 1. The van der Waals surface area contributed by atoms with Gasteiger partial charge in [0.1, 0.15) is 11.6 Å². The third kappa shape index (κ3) is 4.17. The lowest BCUT2D eigenvalue weighted by molar-refractivity contribution is 0.415. The lowest BCUT2D eigenvalue weighted by Gasteiger charge is -2.06. The molecule has 1 aliphatic carbocycles. The summed E-state index contributed by atoms with van der Waals surface area (Å²) >= 11 is 7.94. The zero-order valence-corrected chi connectivity index (χ0v) is 16.7. The number of rotatable bonds is 6. The molecule has 136 valence electrons. The lowest BCUT2D eigenvalue weighted by Crippen LogP contribution is -2.12. The molecule has 0 aliphatic heterocycles. The Hall–Kier alpha value is -2.11. The maximum atomic E-state index is 6.32. The second-order valence-corrected chi connectivity index (χ2v) is 7.63. The lowest BCUT2D eigenvalue weighted by atomic mass is 10.1. The highest BCUT2D eigenvalue weighted by molar-refractivity contribution is 7.19. The van der Waals surface area contributed by atoms with Crippen LogP contribution < -0.4 is 10.1 Å². The first-order valence-electron chi connectivity index (χ1n) is 8.50. The maximum absolute atomic E-state index is 6.32. The molecule has 0 atom stereocenters. The summed E-state index contributed by atoms with van der Waals surface area (Å²) in [6.45, 7) is 7.84. The van der Waals surface area contributed by atoms with Crippen LogP contribution in [-0.2, 0) is 0 Å². The molecule has 1 N–H and O–H groups in total. The van der Waals surface area contributed by atoms with Crippen molar-refractivity contribution in [2.24, 2.45) is 4.99 Å². The highest BCUT2D eigenvalue weighted by Gasteiger charge is 2.30. The number of hydrogen-bond acceptors (Lipinski definition) is 4. The summed E-state index contributed by atoms with van der Waals surface area (Å²) in [7, 11) is 1.62. The van der Waals surface area contributed by atoms with Crippen molar-refractivity contribution in [1.29, 1.82) is 0 Å². The van der Waals surface area contributed by atoms with Gasteiger partial charge >= 0.3 is 0 Å². The molecule has 0 unspecified atom stereocenters. The predicted molar refractivity (Wildman–Crippen MR) is 112 cm³/mol. The van der Waals surface area contributed by atoms with Crippen LogP contribution in [0.4, 0.5) is 5.13 Å². The average Bonchev–Trinajstić information content (AvgIpc) is 3.38. The van der Waals surface area contributed by atoms with Crippen molar-refractivity contribution in [3.63, 3.8) is 0 Å². The van der Waals surface area contributed by atoms with Crippen molar-refractivity contribution in [2.75, 3.05) is 12.4 Å². The Labute approximate surface area is 163 Å². The largest absolute Gasteiger partial charge is 0.495 e. The SMILES string of the molecule is C=C(C)C(=N/C=C\C)Nc1nc(C2CC2)c(-c2ccc(OC)c(Cl)c2)s1. The number of methoxy groups -OCH3 is 1. The first kappa shape index (κ1) is 18.7. The Balaban J connectivity index is 1.96. The molecule has 3 rings (SSSR count). The summed E-state index contributed by atoms with van der Waals surface area (Å²) < 4.78 is 5.26. The molecular weight excluding hydrogens is 366 g/mol. The van der Waals surface area contributed by atoms with E-state index in [0.29, 0.717) is 16.7 Å². The van der Waals surface area contributed by atoms with E-state index in [1.165, 1.54) is 12.8 Å². The number of allylic oxidation sites excluding steroid dienone is 1. The van der Waals surface area contributed by atoms with Crippen molar-refractivity contribution >= 4 is 33.9 Å². The van der Waals surface area contributed by atoms with E-state index in [9.17, 15) is 0 Å². The smallest absolute Gasteiger partial charge is 0.189 e. The van der Waals surface area contributed by atoms with Crippen molar-refractivity contribution in [2.45, 2.75) is 32.6 Å². The zero-order chi connectivity index (χ0) is 18.7. The van der Waals surface area contributed by atoms with Crippen LogP contribution in [0.1, 0.15) is 38.3 Å². The van der Waals surface area contributed by atoms with Crippen LogP contribution in [0.15, 0.2) is 47.6 Å². The Bertz CT molecular complexity index is 881. The molecule has 0 amide bonds. The third-order valence-electron chi connectivity index (χ3n) is 4.01. The number of amidine groups is 1. The average molecular weight is 388 g/mol. The van der Waals surface area contributed by atoms with E-state index in [2.05, 4.69) is 16.9 Å². The van der Waals surface area contributed by atoms with Crippen molar-refractivity contribution in [3.05, 3.63) is 53.3 Å². The molecule has 1 saturated carbocycles. The molecule has 1 aromatic heterocycles. The maximum Gasteiger partial charge on any atom is 0.189 e. The minimum absolute atomic E-state index is 0.526. The van der Waals surface area contributed by atoms with Gasteiger partial charge in [0.15, 0.2) is 5.13 Å². The van der Waals surface area contributed by atoms with E-state index in [-0.39, 0.29) is 0 Å². The Morgan fingerprint density at radius 2 is 2.23 bits per heavy atom. The first-order chi connectivity index (χ1) is 12.5. The van der Waals surface area contributed by atoms with Gasteiger partial charge in [-0.1, -0.05) is 35.6 Å². The topological polar surface area (TPSA) is 46.5 Å². The number of anilines is 1. The van der Waals surface area contributed by atoms with Gasteiger partial charge in [-0.05, 0) is 56.0 Å². The van der Waals surface area contributed by atoms with Gasteiger partial charge in [-0.25, -0.2) is 9.98 Å². The van der Waals surface area contributed by atoms with Crippen LogP contribution in [0, 0.1) is 0 Å². The molecule has 6 heteroatoms. The second kappa shape index (κ2) is 8.06. The highest BCUT2D eigenvalue weighted by Crippen LogP contribution is 2.48. The fraction of sp³-hybridized carbons (Fsp3) is 0.300. The molecule has 0 saturated heterocycles. The number of aromatic nitrogens is 1. The normalized spacial score (nSPS) is 14.7. The summed E-state index contributed by atoms with van der Waals surface area (Å²) in [5, 5.41) is 4.74. The second-order valence-electron chi connectivity index (χ2n) is 6.22. The van der Waals surface area contributed by atoms with Crippen molar-refractivity contribution < 1.29 is 4.74 Å². The van der Waals surface area contributed by atoms with Gasteiger partial charge in [-0.3, -0.25) is 0 Å².